The molecule has 1 heterocycles. The molecule has 0 saturated carbocycles. The van der Waals surface area contributed by atoms with E-state index in [2.05, 4.69) is 26.1 Å². The second-order valence-electron chi connectivity index (χ2n) is 9.46. The molecule has 0 aliphatic carbocycles. The maximum atomic E-state index is 13.6. The van der Waals surface area contributed by atoms with E-state index in [-0.39, 0.29) is 30.0 Å². The molecule has 1 aliphatic heterocycles. The van der Waals surface area contributed by atoms with Gasteiger partial charge in [0.25, 0.3) is 15.9 Å². The van der Waals surface area contributed by atoms with Crippen LogP contribution in [0.1, 0.15) is 26.3 Å². The molecule has 190 valence electrons. The number of halogens is 1. The number of hydrogen-bond acceptors (Lipinski definition) is 5. The molecule has 0 bridgehead atoms. The van der Waals surface area contributed by atoms with Crippen LogP contribution in [0, 0.1) is 0 Å². The maximum Gasteiger partial charge on any atom is 0.264 e. The Morgan fingerprint density at radius 3 is 2.47 bits per heavy atom. The van der Waals surface area contributed by atoms with E-state index in [1.54, 1.807) is 60.7 Å². The summed E-state index contributed by atoms with van der Waals surface area (Å²) in [5, 5.41) is 3.25. The number of sulfonamides is 1. The second-order valence-corrected chi connectivity index (χ2v) is 11.7. The number of carbonyl (C=O) groups is 1. The van der Waals surface area contributed by atoms with Crippen LogP contribution in [0.25, 0.3) is 0 Å². The molecule has 3 aromatic rings. The highest BCUT2D eigenvalue weighted by atomic mass is 35.5. The Labute approximate surface area is 217 Å². The lowest BCUT2D eigenvalue weighted by molar-refractivity contribution is -0.127. The van der Waals surface area contributed by atoms with Crippen molar-refractivity contribution in [3.63, 3.8) is 0 Å². The lowest BCUT2D eigenvalue weighted by atomic mass is 9.86. The van der Waals surface area contributed by atoms with E-state index in [4.69, 9.17) is 21.1 Å². The first-order valence-corrected chi connectivity index (χ1v) is 13.4. The summed E-state index contributed by atoms with van der Waals surface area (Å²) in [4.78, 5) is 13.1. The van der Waals surface area contributed by atoms with Crippen LogP contribution >= 0.6 is 11.6 Å². The van der Waals surface area contributed by atoms with Gasteiger partial charge >= 0.3 is 0 Å². The third-order valence-corrected chi connectivity index (χ3v) is 7.92. The van der Waals surface area contributed by atoms with Crippen molar-refractivity contribution in [2.24, 2.45) is 0 Å². The van der Waals surface area contributed by atoms with Crippen LogP contribution in [0.2, 0.25) is 5.02 Å². The lowest BCUT2D eigenvalue weighted by Crippen LogP contribution is -2.51. The molecule has 0 spiro atoms. The van der Waals surface area contributed by atoms with Gasteiger partial charge in [0.2, 0.25) is 0 Å². The molecule has 1 amide bonds. The first-order chi connectivity index (χ1) is 17.1. The Bertz CT molecular complexity index is 1340. The summed E-state index contributed by atoms with van der Waals surface area (Å²) in [6.07, 6.45) is -1.03. The summed E-state index contributed by atoms with van der Waals surface area (Å²) in [5.41, 5.74) is 1.17. The van der Waals surface area contributed by atoms with Gasteiger partial charge in [0.15, 0.2) is 6.10 Å². The van der Waals surface area contributed by atoms with Crippen molar-refractivity contribution < 1.29 is 22.7 Å². The topological polar surface area (TPSA) is 84.9 Å². The normalized spacial score (nSPS) is 15.6. The van der Waals surface area contributed by atoms with Crippen LogP contribution < -0.4 is 19.1 Å². The molecule has 36 heavy (non-hydrogen) atoms. The quantitative estimate of drug-likeness (QED) is 0.446. The lowest BCUT2D eigenvalue weighted by Gasteiger charge is -2.36. The Hall–Kier alpha value is -3.23. The molecule has 0 fully saturated rings. The van der Waals surface area contributed by atoms with E-state index in [1.165, 1.54) is 4.31 Å². The summed E-state index contributed by atoms with van der Waals surface area (Å²) in [7, 11) is -3.94. The summed E-state index contributed by atoms with van der Waals surface area (Å²) < 4.78 is 40.1. The second kappa shape index (κ2) is 10.4. The van der Waals surface area contributed by atoms with Gasteiger partial charge in [-0.05, 0) is 47.4 Å². The van der Waals surface area contributed by atoms with Crippen molar-refractivity contribution in [2.45, 2.75) is 37.2 Å². The minimum Gasteiger partial charge on any atom is -0.490 e. The Balaban J connectivity index is 1.55. The van der Waals surface area contributed by atoms with E-state index >= 15 is 0 Å². The molecule has 0 unspecified atom stereocenters. The van der Waals surface area contributed by atoms with Gasteiger partial charge in [-0.3, -0.25) is 9.10 Å². The number of para-hydroxylation sites is 1. The number of nitrogens with one attached hydrogen (secondary N) is 1. The number of nitrogens with zero attached hydrogens (tertiary/aromatic N) is 1. The number of ether oxygens (including phenoxy) is 2. The predicted octanol–water partition coefficient (Wildman–Crippen LogP) is 4.79. The summed E-state index contributed by atoms with van der Waals surface area (Å²) in [5.74, 6) is 0.420. The van der Waals surface area contributed by atoms with Crippen LogP contribution in [0.4, 0.5) is 5.69 Å². The molecule has 3 aromatic carbocycles. The third-order valence-electron chi connectivity index (χ3n) is 5.81. The summed E-state index contributed by atoms with van der Waals surface area (Å²) >= 11 is 6.09. The molecule has 1 N–H and O–H groups in total. The van der Waals surface area contributed by atoms with Crippen molar-refractivity contribution in [2.75, 3.05) is 24.0 Å². The standard InChI is InChI=1S/C27H29ClN2O5S/c1-27(2,3)19-13-14-24-22(17-19)30(36(32,33)20-9-5-4-6-10-20)18-25(35-24)26(31)29-15-16-34-23-12-8-7-11-21(23)28/h4-14,17,25H,15-16,18H2,1-3H3,(H,29,31)/t25-/m0/s1. The maximum absolute atomic E-state index is 13.6. The largest absolute Gasteiger partial charge is 0.490 e. The van der Waals surface area contributed by atoms with Gasteiger partial charge in [-0.15, -0.1) is 0 Å². The van der Waals surface area contributed by atoms with Crippen molar-refractivity contribution in [1.29, 1.82) is 0 Å². The van der Waals surface area contributed by atoms with Crippen LogP contribution in [0.5, 0.6) is 11.5 Å². The van der Waals surface area contributed by atoms with Gasteiger partial charge in [0.05, 0.1) is 28.7 Å². The fourth-order valence-corrected chi connectivity index (χ4v) is 5.49. The smallest absolute Gasteiger partial charge is 0.264 e. The number of amides is 1. The molecule has 1 atom stereocenters. The molecule has 0 aromatic heterocycles. The van der Waals surface area contributed by atoms with Crippen LogP contribution in [0.15, 0.2) is 77.7 Å². The highest BCUT2D eigenvalue weighted by Gasteiger charge is 2.38. The molecule has 0 radical (unpaired) electrons. The van der Waals surface area contributed by atoms with E-state index in [9.17, 15) is 13.2 Å². The average molecular weight is 529 g/mol. The number of fused-ring (bicyclic) bond motifs is 1. The van der Waals surface area contributed by atoms with Crippen molar-refractivity contribution in [3.05, 3.63) is 83.4 Å². The van der Waals surface area contributed by atoms with Gasteiger partial charge < -0.3 is 14.8 Å². The van der Waals surface area contributed by atoms with E-state index < -0.39 is 22.0 Å². The molecule has 0 saturated heterocycles. The van der Waals surface area contributed by atoms with E-state index in [0.29, 0.717) is 22.2 Å². The minimum atomic E-state index is -3.94. The van der Waals surface area contributed by atoms with Gasteiger partial charge in [0.1, 0.15) is 18.1 Å². The first-order valence-electron chi connectivity index (χ1n) is 11.6. The zero-order chi connectivity index (χ0) is 25.9. The predicted molar refractivity (Wildman–Crippen MR) is 140 cm³/mol. The first kappa shape index (κ1) is 25.9. The molecule has 1 aliphatic rings. The van der Waals surface area contributed by atoms with E-state index in [0.717, 1.165) is 5.56 Å². The molecule has 7 nitrogen and oxygen atoms in total. The van der Waals surface area contributed by atoms with Crippen molar-refractivity contribution >= 4 is 33.2 Å². The summed E-state index contributed by atoms with van der Waals surface area (Å²) in [6, 6.07) is 20.7. The minimum absolute atomic E-state index is 0.145. The van der Waals surface area contributed by atoms with Crippen LogP contribution in [-0.4, -0.2) is 40.1 Å². The molecule has 9 heteroatoms. The number of benzene rings is 3. The number of hydrogen-bond donors (Lipinski definition) is 1. The fourth-order valence-electron chi connectivity index (χ4n) is 3.81. The van der Waals surface area contributed by atoms with Gasteiger partial charge in [0, 0.05) is 0 Å². The highest BCUT2D eigenvalue weighted by Crippen LogP contribution is 2.40. The molecule has 4 rings (SSSR count). The molecular weight excluding hydrogens is 500 g/mol. The Morgan fingerprint density at radius 2 is 1.78 bits per heavy atom. The van der Waals surface area contributed by atoms with Crippen LogP contribution in [0.3, 0.4) is 0 Å². The van der Waals surface area contributed by atoms with E-state index in [1.807, 2.05) is 12.1 Å². The average Bonchev–Trinajstić information content (AvgIpc) is 2.86. The Morgan fingerprint density at radius 1 is 1.08 bits per heavy atom. The third kappa shape index (κ3) is 5.60. The zero-order valence-electron chi connectivity index (χ0n) is 20.4. The molecular formula is C27H29ClN2O5S. The summed E-state index contributed by atoms with van der Waals surface area (Å²) in [6.45, 7) is 6.39. The number of carbonyl (C=O) groups excluding carboxylic acids is 1. The highest BCUT2D eigenvalue weighted by molar-refractivity contribution is 7.92. The van der Waals surface area contributed by atoms with Crippen LogP contribution in [-0.2, 0) is 20.2 Å². The monoisotopic (exact) mass is 528 g/mol. The fraction of sp³-hybridized carbons (Fsp3) is 0.296. The van der Waals surface area contributed by atoms with Gasteiger partial charge in [-0.1, -0.05) is 68.8 Å². The zero-order valence-corrected chi connectivity index (χ0v) is 22.0. The van der Waals surface area contributed by atoms with Crippen molar-refractivity contribution in [1.82, 2.24) is 5.32 Å². The number of anilines is 1. The van der Waals surface area contributed by atoms with Gasteiger partial charge in [-0.25, -0.2) is 8.42 Å². The van der Waals surface area contributed by atoms with Gasteiger partial charge in [-0.2, -0.15) is 0 Å². The Kier molecular flexibility index (Phi) is 7.47. The van der Waals surface area contributed by atoms with Crippen molar-refractivity contribution in [3.8, 4) is 11.5 Å². The number of rotatable bonds is 7. The SMILES string of the molecule is CC(C)(C)c1ccc2c(c1)N(S(=O)(=O)c1ccccc1)C[C@@H](C(=O)NCCOc1ccccc1Cl)O2.